The van der Waals surface area contributed by atoms with E-state index in [9.17, 15) is 0 Å². The predicted octanol–water partition coefficient (Wildman–Crippen LogP) is 6.86. The number of unbranched alkanes of at least 4 members (excludes halogenated alkanes) is 1. The second kappa shape index (κ2) is 7.84. The Labute approximate surface area is 133 Å². The van der Waals surface area contributed by atoms with Crippen molar-refractivity contribution in [2.75, 3.05) is 0 Å². The first-order valence-corrected chi connectivity index (χ1v) is 9.76. The highest BCUT2D eigenvalue weighted by atomic mass is 14.5. The molecule has 0 radical (unpaired) electrons. The van der Waals surface area contributed by atoms with Crippen molar-refractivity contribution in [1.82, 2.24) is 0 Å². The van der Waals surface area contributed by atoms with E-state index in [0.29, 0.717) is 0 Å². The summed E-state index contributed by atoms with van der Waals surface area (Å²) < 4.78 is 0. The Bertz CT molecular complexity index is 329. The lowest BCUT2D eigenvalue weighted by Crippen LogP contribution is -2.28. The second-order valence-electron chi connectivity index (χ2n) is 8.27. The van der Waals surface area contributed by atoms with E-state index in [-0.39, 0.29) is 0 Å². The van der Waals surface area contributed by atoms with Gasteiger partial charge in [-0.1, -0.05) is 78.4 Å². The topological polar surface area (TPSA) is 0 Å². The quantitative estimate of drug-likeness (QED) is 0.321. The maximum Gasteiger partial charge on any atom is -0.0172 e. The molecule has 21 heavy (non-hydrogen) atoms. The van der Waals surface area contributed by atoms with Gasteiger partial charge in [0.05, 0.1) is 0 Å². The largest absolute Gasteiger partial charge is 0.0996 e. The molecule has 122 valence electrons. The van der Waals surface area contributed by atoms with Crippen molar-refractivity contribution in [2.45, 2.75) is 85.5 Å². The van der Waals surface area contributed by atoms with E-state index in [1.54, 1.807) is 5.57 Å². The Hall–Kier alpha value is -0.260. The molecule has 0 amide bonds. The lowest BCUT2D eigenvalue weighted by molar-refractivity contribution is 0.163. The minimum Gasteiger partial charge on any atom is -0.0996 e. The Morgan fingerprint density at radius 1 is 1.14 bits per heavy atom. The van der Waals surface area contributed by atoms with Gasteiger partial charge in [0.25, 0.3) is 0 Å². The first-order valence-electron chi connectivity index (χ1n) is 9.76. The van der Waals surface area contributed by atoms with Crippen molar-refractivity contribution < 1.29 is 0 Å². The van der Waals surface area contributed by atoms with Crippen LogP contribution in [0.5, 0.6) is 0 Å². The van der Waals surface area contributed by atoms with Gasteiger partial charge in [-0.05, 0) is 54.8 Å². The van der Waals surface area contributed by atoms with Gasteiger partial charge in [-0.3, -0.25) is 0 Å². The normalized spacial score (nSPS) is 34.4. The van der Waals surface area contributed by atoms with E-state index >= 15 is 0 Å². The van der Waals surface area contributed by atoms with Crippen LogP contribution in [0.3, 0.4) is 0 Å². The smallest absolute Gasteiger partial charge is 0.0172 e. The van der Waals surface area contributed by atoms with Crippen LogP contribution in [-0.4, -0.2) is 0 Å². The molecule has 0 heterocycles. The molecule has 2 bridgehead atoms. The van der Waals surface area contributed by atoms with Gasteiger partial charge in [-0.2, -0.15) is 0 Å². The van der Waals surface area contributed by atoms with Crippen LogP contribution in [0.25, 0.3) is 0 Å². The molecule has 2 fully saturated rings. The van der Waals surface area contributed by atoms with E-state index in [1.165, 1.54) is 57.8 Å². The second-order valence-corrected chi connectivity index (χ2v) is 8.27. The molecule has 2 saturated carbocycles. The zero-order valence-corrected chi connectivity index (χ0v) is 15.0. The molecular formula is C21H38. The number of hydrogen-bond donors (Lipinski definition) is 0. The van der Waals surface area contributed by atoms with E-state index in [4.69, 9.17) is 0 Å². The molecular weight excluding hydrogens is 252 g/mol. The lowest BCUT2D eigenvalue weighted by Gasteiger charge is -2.36. The van der Waals surface area contributed by atoms with Gasteiger partial charge in [0.1, 0.15) is 0 Å². The molecule has 0 aromatic rings. The highest BCUT2D eigenvalue weighted by molar-refractivity contribution is 5.18. The van der Waals surface area contributed by atoms with Crippen LogP contribution in [0.4, 0.5) is 0 Å². The summed E-state index contributed by atoms with van der Waals surface area (Å²) in [6, 6.07) is 0. The van der Waals surface area contributed by atoms with E-state index in [1.807, 2.05) is 0 Å². The number of hydrogen-bond acceptors (Lipinski definition) is 0. The van der Waals surface area contributed by atoms with Crippen LogP contribution in [-0.2, 0) is 0 Å². The van der Waals surface area contributed by atoms with E-state index < -0.39 is 0 Å². The summed E-state index contributed by atoms with van der Waals surface area (Å²) in [6.07, 6.45) is 12.8. The van der Waals surface area contributed by atoms with Crippen molar-refractivity contribution in [3.63, 3.8) is 0 Å². The highest BCUT2D eigenvalue weighted by Gasteiger charge is 2.50. The highest BCUT2D eigenvalue weighted by Crippen LogP contribution is 2.58. The third-order valence-electron chi connectivity index (χ3n) is 6.74. The molecule has 0 aromatic heterocycles. The van der Waals surface area contributed by atoms with Gasteiger partial charge in [-0.15, -0.1) is 0 Å². The van der Waals surface area contributed by atoms with E-state index in [2.05, 4.69) is 34.3 Å². The van der Waals surface area contributed by atoms with Crippen molar-refractivity contribution in [2.24, 2.45) is 35.5 Å². The van der Waals surface area contributed by atoms with Crippen molar-refractivity contribution in [1.29, 1.82) is 0 Å². The summed E-state index contributed by atoms with van der Waals surface area (Å²) in [4.78, 5) is 0. The van der Waals surface area contributed by atoms with Gasteiger partial charge in [0.2, 0.25) is 0 Å². The van der Waals surface area contributed by atoms with Gasteiger partial charge >= 0.3 is 0 Å². The Morgan fingerprint density at radius 3 is 2.52 bits per heavy atom. The third kappa shape index (κ3) is 3.93. The van der Waals surface area contributed by atoms with Crippen molar-refractivity contribution >= 4 is 0 Å². The zero-order chi connectivity index (χ0) is 15.4. The molecule has 0 aromatic carbocycles. The maximum absolute atomic E-state index is 4.37. The molecule has 2 aliphatic rings. The molecule has 0 saturated heterocycles. The Kier molecular flexibility index (Phi) is 6.38. The lowest BCUT2D eigenvalue weighted by atomic mass is 9.69. The molecule has 0 N–H and O–H groups in total. The fraction of sp³-hybridized carbons (Fsp3) is 0.905. The van der Waals surface area contributed by atoms with Crippen molar-refractivity contribution in [3.8, 4) is 0 Å². The van der Waals surface area contributed by atoms with Crippen LogP contribution < -0.4 is 0 Å². The van der Waals surface area contributed by atoms with Crippen LogP contribution in [0.2, 0.25) is 0 Å². The van der Waals surface area contributed by atoms with Gasteiger partial charge in [0, 0.05) is 0 Å². The molecule has 0 nitrogen and oxygen atoms in total. The van der Waals surface area contributed by atoms with Crippen molar-refractivity contribution in [3.05, 3.63) is 12.2 Å². The fourth-order valence-electron chi connectivity index (χ4n) is 5.42. The number of allylic oxidation sites excluding steroid dienone is 1. The average Bonchev–Trinajstić information content (AvgIpc) is 3.00. The minimum absolute atomic E-state index is 0.891. The third-order valence-corrected chi connectivity index (χ3v) is 6.74. The summed E-state index contributed by atoms with van der Waals surface area (Å²) in [6.45, 7) is 14.0. The predicted molar refractivity (Wildman–Crippen MR) is 94.3 cm³/mol. The molecule has 0 spiro atoms. The number of rotatable bonds is 9. The van der Waals surface area contributed by atoms with Crippen LogP contribution in [0.1, 0.15) is 85.5 Å². The first-order chi connectivity index (χ1) is 10.1. The molecule has 6 atom stereocenters. The summed E-state index contributed by atoms with van der Waals surface area (Å²) in [7, 11) is 0. The molecule has 2 rings (SSSR count). The Balaban J connectivity index is 1.81. The monoisotopic (exact) mass is 290 g/mol. The van der Waals surface area contributed by atoms with Gasteiger partial charge in [-0.25, -0.2) is 0 Å². The molecule has 2 aliphatic carbocycles. The molecule has 0 heteroatoms. The maximum atomic E-state index is 4.37. The summed E-state index contributed by atoms with van der Waals surface area (Å²) in [5, 5.41) is 0. The Morgan fingerprint density at radius 2 is 1.86 bits per heavy atom. The number of fused-ring (bicyclic) bond motifs is 2. The summed E-state index contributed by atoms with van der Waals surface area (Å²) in [5.74, 6) is 5.75. The minimum atomic E-state index is 0.891. The molecule has 5 unspecified atom stereocenters. The van der Waals surface area contributed by atoms with Gasteiger partial charge < -0.3 is 0 Å². The van der Waals surface area contributed by atoms with Gasteiger partial charge in [0.15, 0.2) is 0 Å². The SMILES string of the molecule is C=C1CC2CC1[C@@H](CCC)C2C(C)CCCCC(C)CC. The van der Waals surface area contributed by atoms with Crippen LogP contribution in [0, 0.1) is 35.5 Å². The first kappa shape index (κ1) is 17.1. The fourth-order valence-corrected chi connectivity index (χ4v) is 5.42. The van der Waals surface area contributed by atoms with Crippen LogP contribution in [0.15, 0.2) is 12.2 Å². The average molecular weight is 291 g/mol. The standard InChI is InChI=1S/C21H38/c1-6-10-19-20-14-18(13-17(20)5)21(19)16(4)12-9-8-11-15(3)7-2/h15-16,18-21H,5-14H2,1-4H3/t15?,16?,18?,19-,20?,21?/m1/s1. The summed E-state index contributed by atoms with van der Waals surface area (Å²) >= 11 is 0. The van der Waals surface area contributed by atoms with E-state index in [0.717, 1.165) is 35.5 Å². The summed E-state index contributed by atoms with van der Waals surface area (Å²) in [5.41, 5.74) is 1.60. The molecule has 0 aliphatic heterocycles. The van der Waals surface area contributed by atoms with Crippen LogP contribution >= 0.6 is 0 Å². The zero-order valence-electron chi connectivity index (χ0n) is 15.0.